The zero-order valence-electron chi connectivity index (χ0n) is 10.9. The summed E-state index contributed by atoms with van der Waals surface area (Å²) in [7, 11) is 0. The Morgan fingerprint density at radius 3 is 2.90 bits per heavy atom. The summed E-state index contributed by atoms with van der Waals surface area (Å²) in [5.41, 5.74) is 0.675. The highest BCUT2D eigenvalue weighted by Gasteiger charge is 2.32. The molecule has 1 aromatic heterocycles. The fourth-order valence-electron chi connectivity index (χ4n) is 1.99. The van der Waals surface area contributed by atoms with E-state index < -0.39 is 18.0 Å². The van der Waals surface area contributed by atoms with Crippen molar-refractivity contribution in [1.29, 1.82) is 5.26 Å². The van der Waals surface area contributed by atoms with Gasteiger partial charge in [-0.25, -0.2) is 9.18 Å². The standard InChI is InChI=1S/C13H9FN4O2S/c1-7-16-17-12(21-7)10-3-2-8(4-11(10)14)18-6-9(5-15)20-13(18)19/h2-4,9H,6H2,1H3/t9-/m0/s1. The molecule has 8 heteroatoms. The van der Waals surface area contributed by atoms with Gasteiger partial charge in [0.15, 0.2) is 5.01 Å². The number of benzene rings is 1. The van der Waals surface area contributed by atoms with E-state index in [1.165, 1.54) is 28.4 Å². The van der Waals surface area contributed by atoms with Crippen LogP contribution in [-0.2, 0) is 4.74 Å². The fraction of sp³-hybridized carbons (Fsp3) is 0.231. The van der Waals surface area contributed by atoms with Gasteiger partial charge in [-0.15, -0.1) is 10.2 Å². The van der Waals surface area contributed by atoms with Crippen molar-refractivity contribution in [3.05, 3.63) is 29.0 Å². The van der Waals surface area contributed by atoms with Crippen molar-refractivity contribution in [3.8, 4) is 16.6 Å². The molecule has 0 unspecified atom stereocenters. The lowest BCUT2D eigenvalue weighted by Crippen LogP contribution is -2.24. The number of anilines is 1. The summed E-state index contributed by atoms with van der Waals surface area (Å²) in [5.74, 6) is -0.503. The van der Waals surface area contributed by atoms with Gasteiger partial charge in [0.1, 0.15) is 16.9 Å². The number of carbonyl (C=O) groups is 1. The van der Waals surface area contributed by atoms with Gasteiger partial charge in [-0.3, -0.25) is 4.90 Å². The van der Waals surface area contributed by atoms with Gasteiger partial charge in [0.2, 0.25) is 6.10 Å². The Kier molecular flexibility index (Phi) is 3.27. The smallest absolute Gasteiger partial charge is 0.415 e. The molecule has 2 heterocycles. The van der Waals surface area contributed by atoms with E-state index in [-0.39, 0.29) is 6.54 Å². The summed E-state index contributed by atoms with van der Waals surface area (Å²) in [6.45, 7) is 1.88. The van der Waals surface area contributed by atoms with Crippen molar-refractivity contribution >= 4 is 23.1 Å². The van der Waals surface area contributed by atoms with Crippen molar-refractivity contribution in [2.45, 2.75) is 13.0 Å². The Morgan fingerprint density at radius 1 is 1.52 bits per heavy atom. The van der Waals surface area contributed by atoms with Crippen molar-refractivity contribution in [2.75, 3.05) is 11.4 Å². The van der Waals surface area contributed by atoms with Gasteiger partial charge in [0.25, 0.3) is 0 Å². The quantitative estimate of drug-likeness (QED) is 0.851. The number of rotatable bonds is 2. The number of hydrogen-bond donors (Lipinski definition) is 0. The maximum atomic E-state index is 14.2. The summed E-state index contributed by atoms with van der Waals surface area (Å²) in [6.07, 6.45) is -1.48. The number of nitrogens with zero attached hydrogens (tertiary/aromatic N) is 4. The van der Waals surface area contributed by atoms with E-state index in [2.05, 4.69) is 10.2 Å². The topological polar surface area (TPSA) is 79.1 Å². The Balaban J connectivity index is 1.92. The molecule has 2 aromatic rings. The maximum absolute atomic E-state index is 14.2. The highest BCUT2D eigenvalue weighted by molar-refractivity contribution is 7.14. The third-order valence-electron chi connectivity index (χ3n) is 2.98. The van der Waals surface area contributed by atoms with Gasteiger partial charge >= 0.3 is 6.09 Å². The Morgan fingerprint density at radius 2 is 2.33 bits per heavy atom. The van der Waals surface area contributed by atoms with Crippen molar-refractivity contribution in [2.24, 2.45) is 0 Å². The van der Waals surface area contributed by atoms with E-state index in [1.807, 2.05) is 6.07 Å². The zero-order valence-corrected chi connectivity index (χ0v) is 11.7. The van der Waals surface area contributed by atoms with E-state index in [9.17, 15) is 9.18 Å². The second-order valence-electron chi connectivity index (χ2n) is 4.40. The molecule has 0 N–H and O–H groups in total. The Hall–Kier alpha value is -2.53. The van der Waals surface area contributed by atoms with Gasteiger partial charge < -0.3 is 4.74 Å². The van der Waals surface area contributed by atoms with Crippen LogP contribution in [0, 0.1) is 24.1 Å². The molecule has 1 atom stereocenters. The van der Waals surface area contributed by atoms with Gasteiger partial charge in [-0.1, -0.05) is 11.3 Å². The molecule has 0 radical (unpaired) electrons. The first kappa shape index (κ1) is 13.5. The van der Waals surface area contributed by atoms with E-state index >= 15 is 0 Å². The van der Waals surface area contributed by atoms with Crippen LogP contribution in [0.25, 0.3) is 10.6 Å². The van der Waals surface area contributed by atoms with Crippen molar-refractivity contribution in [1.82, 2.24) is 10.2 Å². The maximum Gasteiger partial charge on any atom is 0.415 e. The normalized spacial score (nSPS) is 17.7. The van der Waals surface area contributed by atoms with E-state index in [0.29, 0.717) is 16.3 Å². The first-order valence-corrected chi connectivity index (χ1v) is 6.88. The van der Waals surface area contributed by atoms with Crippen LogP contribution >= 0.6 is 11.3 Å². The predicted octanol–water partition coefficient (Wildman–Crippen LogP) is 2.50. The molecule has 0 saturated carbocycles. The predicted molar refractivity (Wildman–Crippen MR) is 73.3 cm³/mol. The van der Waals surface area contributed by atoms with Gasteiger partial charge in [-0.2, -0.15) is 5.26 Å². The van der Waals surface area contributed by atoms with Gasteiger partial charge in [-0.05, 0) is 25.1 Å². The number of amides is 1. The van der Waals surface area contributed by atoms with Crippen LogP contribution in [0.3, 0.4) is 0 Å². The SMILES string of the molecule is Cc1nnc(-c2ccc(N3C[C@H](C#N)OC3=O)cc2F)s1. The van der Waals surface area contributed by atoms with E-state index in [4.69, 9.17) is 10.00 Å². The molecule has 6 nitrogen and oxygen atoms in total. The summed E-state index contributed by atoms with van der Waals surface area (Å²) in [4.78, 5) is 12.9. The molecular weight excluding hydrogens is 295 g/mol. The molecule has 1 aliphatic rings. The van der Waals surface area contributed by atoms with Crippen LogP contribution in [0.4, 0.5) is 14.9 Å². The Labute approximate surface area is 123 Å². The minimum Gasteiger partial charge on any atom is -0.428 e. The van der Waals surface area contributed by atoms with Crippen LogP contribution < -0.4 is 4.90 Å². The molecule has 0 bridgehead atoms. The molecule has 21 heavy (non-hydrogen) atoms. The number of ether oxygens (including phenoxy) is 1. The molecule has 1 aromatic carbocycles. The number of halogens is 1. The average Bonchev–Trinajstić information content (AvgIpc) is 3.04. The third-order valence-corrected chi connectivity index (χ3v) is 3.85. The number of aromatic nitrogens is 2. The lowest BCUT2D eigenvalue weighted by molar-refractivity contribution is 0.162. The van der Waals surface area contributed by atoms with Gasteiger partial charge in [0.05, 0.1) is 12.2 Å². The highest BCUT2D eigenvalue weighted by atomic mass is 32.1. The molecule has 1 fully saturated rings. The molecule has 0 spiro atoms. The molecular formula is C13H9FN4O2S. The minimum absolute atomic E-state index is 0.0893. The lowest BCUT2D eigenvalue weighted by atomic mass is 10.2. The molecule has 1 saturated heterocycles. The van der Waals surface area contributed by atoms with Crippen LogP contribution in [0.1, 0.15) is 5.01 Å². The average molecular weight is 304 g/mol. The molecule has 1 amide bonds. The first-order chi connectivity index (χ1) is 10.1. The van der Waals surface area contributed by atoms with E-state index in [1.54, 1.807) is 13.0 Å². The van der Waals surface area contributed by atoms with E-state index in [0.717, 1.165) is 5.01 Å². The summed E-state index contributed by atoms with van der Waals surface area (Å²) >= 11 is 1.29. The second kappa shape index (κ2) is 5.10. The third kappa shape index (κ3) is 2.43. The minimum atomic E-state index is -0.828. The largest absolute Gasteiger partial charge is 0.428 e. The summed E-state index contributed by atoms with van der Waals surface area (Å²) < 4.78 is 19.0. The van der Waals surface area contributed by atoms with Crippen molar-refractivity contribution in [3.63, 3.8) is 0 Å². The molecule has 1 aliphatic heterocycles. The summed E-state index contributed by atoms with van der Waals surface area (Å²) in [5, 5.41) is 17.7. The highest BCUT2D eigenvalue weighted by Crippen LogP contribution is 2.30. The van der Waals surface area contributed by atoms with Crippen LogP contribution in [0.2, 0.25) is 0 Å². The molecule has 3 rings (SSSR count). The number of aryl methyl sites for hydroxylation is 1. The second-order valence-corrected chi connectivity index (χ2v) is 5.58. The fourth-order valence-corrected chi connectivity index (χ4v) is 2.71. The zero-order chi connectivity index (χ0) is 15.0. The van der Waals surface area contributed by atoms with Crippen LogP contribution in [-0.4, -0.2) is 28.9 Å². The van der Waals surface area contributed by atoms with Crippen LogP contribution in [0.5, 0.6) is 0 Å². The van der Waals surface area contributed by atoms with Crippen molar-refractivity contribution < 1.29 is 13.9 Å². The number of hydrogen-bond acceptors (Lipinski definition) is 6. The van der Waals surface area contributed by atoms with Crippen LogP contribution in [0.15, 0.2) is 18.2 Å². The number of cyclic esters (lactones) is 1. The number of carbonyl (C=O) groups excluding carboxylic acids is 1. The monoisotopic (exact) mass is 304 g/mol. The first-order valence-electron chi connectivity index (χ1n) is 6.06. The summed E-state index contributed by atoms with van der Waals surface area (Å²) in [6, 6.07) is 6.22. The Bertz CT molecular complexity index is 755. The lowest BCUT2D eigenvalue weighted by Gasteiger charge is -2.13. The number of nitriles is 1. The van der Waals surface area contributed by atoms with Gasteiger partial charge in [0, 0.05) is 5.56 Å². The molecule has 106 valence electrons. The molecule has 0 aliphatic carbocycles.